The Hall–Kier alpha value is -1.57. The van der Waals surface area contributed by atoms with Crippen LogP contribution in [0.15, 0.2) is 24.3 Å². The number of nitrogens with one attached hydrogen (secondary N) is 1. The van der Waals surface area contributed by atoms with Gasteiger partial charge in [0, 0.05) is 11.3 Å². The zero-order valence-electron chi connectivity index (χ0n) is 8.76. The lowest BCUT2D eigenvalue weighted by atomic mass is 10.0. The summed E-state index contributed by atoms with van der Waals surface area (Å²) >= 11 is 0. The molecule has 0 atom stereocenters. The summed E-state index contributed by atoms with van der Waals surface area (Å²) in [5.41, 5.74) is 5.93. The van der Waals surface area contributed by atoms with Crippen LogP contribution in [-0.2, 0) is 0 Å². The maximum Gasteiger partial charge on any atom is 0.0955 e. The van der Waals surface area contributed by atoms with Crippen molar-refractivity contribution in [2.45, 2.75) is 20.8 Å². The SMILES string of the molecule is Cc1ccccc1-c1n[nH]c(C)c1C. The quantitative estimate of drug-likeness (QED) is 0.728. The number of benzene rings is 1. The number of hydrogen-bond acceptors (Lipinski definition) is 1. The number of rotatable bonds is 1. The van der Waals surface area contributed by atoms with Crippen LogP contribution < -0.4 is 0 Å². The van der Waals surface area contributed by atoms with E-state index in [0.717, 1.165) is 11.4 Å². The van der Waals surface area contributed by atoms with Crippen LogP contribution in [0, 0.1) is 20.8 Å². The Balaban J connectivity index is 2.60. The predicted octanol–water partition coefficient (Wildman–Crippen LogP) is 3.00. The van der Waals surface area contributed by atoms with Gasteiger partial charge in [-0.2, -0.15) is 5.10 Å². The van der Waals surface area contributed by atoms with Crippen molar-refractivity contribution in [2.75, 3.05) is 0 Å². The molecule has 0 saturated heterocycles. The van der Waals surface area contributed by atoms with Crippen LogP contribution in [0.4, 0.5) is 0 Å². The van der Waals surface area contributed by atoms with Gasteiger partial charge in [-0.3, -0.25) is 5.10 Å². The first-order valence-electron chi connectivity index (χ1n) is 4.77. The summed E-state index contributed by atoms with van der Waals surface area (Å²) in [4.78, 5) is 0. The van der Waals surface area contributed by atoms with Crippen molar-refractivity contribution in [1.29, 1.82) is 0 Å². The monoisotopic (exact) mass is 186 g/mol. The van der Waals surface area contributed by atoms with Gasteiger partial charge < -0.3 is 0 Å². The van der Waals surface area contributed by atoms with Crippen LogP contribution in [0.3, 0.4) is 0 Å². The van der Waals surface area contributed by atoms with Gasteiger partial charge in [0.15, 0.2) is 0 Å². The van der Waals surface area contributed by atoms with Gasteiger partial charge in [-0.1, -0.05) is 24.3 Å². The molecule has 0 spiro atoms. The summed E-state index contributed by atoms with van der Waals surface area (Å²) in [5, 5.41) is 7.33. The van der Waals surface area contributed by atoms with E-state index < -0.39 is 0 Å². The number of aromatic amines is 1. The van der Waals surface area contributed by atoms with Crippen LogP contribution >= 0.6 is 0 Å². The molecule has 1 N–H and O–H groups in total. The van der Waals surface area contributed by atoms with Crippen molar-refractivity contribution in [1.82, 2.24) is 10.2 Å². The maximum atomic E-state index is 4.32. The van der Waals surface area contributed by atoms with Crippen LogP contribution in [-0.4, -0.2) is 10.2 Å². The Bertz CT molecular complexity index is 455. The van der Waals surface area contributed by atoms with Crippen molar-refractivity contribution in [2.24, 2.45) is 0 Å². The molecule has 1 aromatic carbocycles. The standard InChI is InChI=1S/C12H14N2/c1-8-6-4-5-7-11(8)12-9(2)10(3)13-14-12/h4-7H,1-3H3,(H,13,14). The Morgan fingerprint density at radius 3 is 2.36 bits per heavy atom. The third-order valence-electron chi connectivity index (χ3n) is 2.65. The highest BCUT2D eigenvalue weighted by Crippen LogP contribution is 2.25. The summed E-state index contributed by atoms with van der Waals surface area (Å²) in [7, 11) is 0. The van der Waals surface area contributed by atoms with E-state index in [4.69, 9.17) is 0 Å². The maximum absolute atomic E-state index is 4.32. The fourth-order valence-electron chi connectivity index (χ4n) is 1.59. The minimum absolute atomic E-state index is 1.07. The second kappa shape index (κ2) is 3.29. The summed E-state index contributed by atoms with van der Waals surface area (Å²) in [6, 6.07) is 8.32. The number of aromatic nitrogens is 2. The lowest BCUT2D eigenvalue weighted by molar-refractivity contribution is 1.05. The van der Waals surface area contributed by atoms with Crippen molar-refractivity contribution >= 4 is 0 Å². The summed E-state index contributed by atoms with van der Waals surface area (Å²) in [6.07, 6.45) is 0. The molecule has 2 heteroatoms. The molecule has 0 saturated carbocycles. The third-order valence-corrected chi connectivity index (χ3v) is 2.65. The molecular formula is C12H14N2. The largest absolute Gasteiger partial charge is 0.282 e. The molecule has 2 rings (SSSR count). The molecule has 0 aliphatic carbocycles. The lowest BCUT2D eigenvalue weighted by Gasteiger charge is -2.02. The van der Waals surface area contributed by atoms with Gasteiger partial charge in [-0.15, -0.1) is 0 Å². The van der Waals surface area contributed by atoms with E-state index in [-0.39, 0.29) is 0 Å². The zero-order valence-corrected chi connectivity index (χ0v) is 8.76. The van der Waals surface area contributed by atoms with Crippen molar-refractivity contribution in [3.8, 4) is 11.3 Å². The summed E-state index contributed by atoms with van der Waals surface area (Å²) in [6.45, 7) is 6.25. The Morgan fingerprint density at radius 2 is 1.79 bits per heavy atom. The van der Waals surface area contributed by atoms with Gasteiger partial charge >= 0.3 is 0 Å². The van der Waals surface area contributed by atoms with E-state index in [1.807, 2.05) is 19.1 Å². The second-order valence-electron chi connectivity index (χ2n) is 3.64. The van der Waals surface area contributed by atoms with Gasteiger partial charge in [-0.25, -0.2) is 0 Å². The molecule has 0 unspecified atom stereocenters. The van der Waals surface area contributed by atoms with E-state index in [0.29, 0.717) is 0 Å². The second-order valence-corrected chi connectivity index (χ2v) is 3.64. The fraction of sp³-hybridized carbons (Fsp3) is 0.250. The number of nitrogens with zero attached hydrogens (tertiary/aromatic N) is 1. The molecule has 0 bridgehead atoms. The van der Waals surface area contributed by atoms with E-state index in [1.54, 1.807) is 0 Å². The first kappa shape index (κ1) is 9.00. The fourth-order valence-corrected chi connectivity index (χ4v) is 1.59. The first-order valence-corrected chi connectivity index (χ1v) is 4.77. The highest BCUT2D eigenvalue weighted by Gasteiger charge is 2.09. The highest BCUT2D eigenvalue weighted by molar-refractivity contribution is 5.66. The average molecular weight is 186 g/mol. The molecule has 0 fully saturated rings. The molecule has 0 amide bonds. The number of hydrogen-bond donors (Lipinski definition) is 1. The van der Waals surface area contributed by atoms with Crippen molar-refractivity contribution in [3.63, 3.8) is 0 Å². The molecule has 0 aliphatic heterocycles. The molecule has 1 aromatic heterocycles. The van der Waals surface area contributed by atoms with Gasteiger partial charge in [0.25, 0.3) is 0 Å². The number of H-pyrrole nitrogens is 1. The highest BCUT2D eigenvalue weighted by atomic mass is 15.1. The Labute approximate surface area is 84.0 Å². The van der Waals surface area contributed by atoms with Gasteiger partial charge in [-0.05, 0) is 31.9 Å². The smallest absolute Gasteiger partial charge is 0.0955 e. The van der Waals surface area contributed by atoms with Crippen LogP contribution in [0.1, 0.15) is 16.8 Å². The Kier molecular flexibility index (Phi) is 2.12. The zero-order chi connectivity index (χ0) is 10.1. The van der Waals surface area contributed by atoms with E-state index in [2.05, 4.69) is 36.2 Å². The molecular weight excluding hydrogens is 172 g/mol. The van der Waals surface area contributed by atoms with Crippen LogP contribution in [0.5, 0.6) is 0 Å². The van der Waals surface area contributed by atoms with Crippen LogP contribution in [0.2, 0.25) is 0 Å². The first-order chi connectivity index (χ1) is 6.70. The average Bonchev–Trinajstić information content (AvgIpc) is 2.49. The Morgan fingerprint density at radius 1 is 1.07 bits per heavy atom. The number of aryl methyl sites for hydroxylation is 2. The van der Waals surface area contributed by atoms with Gasteiger partial charge in [0.05, 0.1) is 5.69 Å². The van der Waals surface area contributed by atoms with Gasteiger partial charge in [0.1, 0.15) is 0 Å². The molecule has 2 nitrogen and oxygen atoms in total. The lowest BCUT2D eigenvalue weighted by Crippen LogP contribution is -1.85. The van der Waals surface area contributed by atoms with Crippen LogP contribution in [0.25, 0.3) is 11.3 Å². The van der Waals surface area contributed by atoms with E-state index in [9.17, 15) is 0 Å². The summed E-state index contributed by atoms with van der Waals surface area (Å²) < 4.78 is 0. The normalized spacial score (nSPS) is 10.5. The minimum Gasteiger partial charge on any atom is -0.282 e. The molecule has 72 valence electrons. The minimum atomic E-state index is 1.07. The predicted molar refractivity (Wildman–Crippen MR) is 58.2 cm³/mol. The molecule has 2 aromatic rings. The molecule has 1 heterocycles. The molecule has 0 aliphatic rings. The van der Waals surface area contributed by atoms with E-state index >= 15 is 0 Å². The summed E-state index contributed by atoms with van der Waals surface area (Å²) in [5.74, 6) is 0. The molecule has 0 radical (unpaired) electrons. The molecule has 14 heavy (non-hydrogen) atoms. The topological polar surface area (TPSA) is 28.7 Å². The van der Waals surface area contributed by atoms with E-state index in [1.165, 1.54) is 16.7 Å². The van der Waals surface area contributed by atoms with Crippen molar-refractivity contribution in [3.05, 3.63) is 41.1 Å². The van der Waals surface area contributed by atoms with Crippen molar-refractivity contribution < 1.29 is 0 Å². The van der Waals surface area contributed by atoms with Gasteiger partial charge in [0.2, 0.25) is 0 Å². The third kappa shape index (κ3) is 1.33.